The number of aryl methyl sites for hydroxylation is 2. The van der Waals surface area contributed by atoms with E-state index in [-0.39, 0.29) is 12.2 Å². The molecule has 3 aromatic rings. The molecule has 1 fully saturated rings. The molecule has 28 heavy (non-hydrogen) atoms. The molecule has 146 valence electrons. The van der Waals surface area contributed by atoms with Gasteiger partial charge in [-0.05, 0) is 37.0 Å². The average Bonchev–Trinajstić information content (AvgIpc) is 3.42. The van der Waals surface area contributed by atoms with Gasteiger partial charge in [0.2, 0.25) is 0 Å². The second-order valence-electron chi connectivity index (χ2n) is 6.74. The normalized spacial score (nSPS) is 16.8. The highest BCUT2D eigenvalue weighted by atomic mass is 32.1. The van der Waals surface area contributed by atoms with E-state index in [2.05, 4.69) is 27.6 Å². The molecule has 3 heterocycles. The number of nitrogens with zero attached hydrogens (tertiary/aromatic N) is 1. The maximum Gasteiger partial charge on any atom is 0.285 e. The molecule has 4 rings (SSSR count). The second kappa shape index (κ2) is 9.14. The zero-order valence-corrected chi connectivity index (χ0v) is 16.3. The first-order chi connectivity index (χ1) is 13.8. The first-order valence-corrected chi connectivity index (χ1v) is 10.4. The molecule has 1 aliphatic rings. The van der Waals surface area contributed by atoms with Crippen LogP contribution in [0.15, 0.2) is 48.7 Å². The second-order valence-corrected chi connectivity index (χ2v) is 7.82. The van der Waals surface area contributed by atoms with Crippen LogP contribution in [0.25, 0.3) is 10.6 Å². The molecule has 1 amide bonds. The molecule has 1 unspecified atom stereocenters. The lowest BCUT2D eigenvalue weighted by Gasteiger charge is -2.21. The highest BCUT2D eigenvalue weighted by molar-refractivity contribution is 7.17. The molecule has 0 aliphatic carbocycles. The number of thiophene rings is 1. The van der Waals surface area contributed by atoms with Crippen LogP contribution >= 0.6 is 11.3 Å². The van der Waals surface area contributed by atoms with Crippen molar-refractivity contribution in [2.45, 2.75) is 38.4 Å². The van der Waals surface area contributed by atoms with E-state index in [1.165, 1.54) is 16.9 Å². The van der Waals surface area contributed by atoms with Crippen molar-refractivity contribution in [2.75, 3.05) is 6.61 Å². The molecule has 6 nitrogen and oxygen atoms in total. The highest BCUT2D eigenvalue weighted by Crippen LogP contribution is 2.27. The van der Waals surface area contributed by atoms with Gasteiger partial charge < -0.3 is 9.72 Å². The number of aromatic amines is 1. The molecular formula is C21H23N3O3S. The maximum absolute atomic E-state index is 12.3. The summed E-state index contributed by atoms with van der Waals surface area (Å²) in [5.74, 6) is 0.685. The predicted molar refractivity (Wildman–Crippen MR) is 108 cm³/mol. The van der Waals surface area contributed by atoms with Gasteiger partial charge in [0, 0.05) is 19.4 Å². The van der Waals surface area contributed by atoms with E-state index in [9.17, 15) is 4.79 Å². The van der Waals surface area contributed by atoms with Gasteiger partial charge in [0.1, 0.15) is 5.82 Å². The van der Waals surface area contributed by atoms with Gasteiger partial charge in [0.25, 0.3) is 5.91 Å². The fourth-order valence-electron chi connectivity index (χ4n) is 3.10. The van der Waals surface area contributed by atoms with Crippen molar-refractivity contribution in [3.05, 3.63) is 64.9 Å². The first-order valence-electron chi connectivity index (χ1n) is 9.53. The molecule has 0 bridgehead atoms. The van der Waals surface area contributed by atoms with Gasteiger partial charge in [0.05, 0.1) is 21.6 Å². The summed E-state index contributed by atoms with van der Waals surface area (Å²) < 4.78 is 5.45. The highest BCUT2D eigenvalue weighted by Gasteiger charge is 2.17. The van der Waals surface area contributed by atoms with Crippen molar-refractivity contribution in [3.63, 3.8) is 0 Å². The van der Waals surface area contributed by atoms with Gasteiger partial charge in [-0.15, -0.1) is 11.3 Å². The number of imidazole rings is 1. The molecule has 1 atom stereocenters. The number of carbonyl (C=O) groups excluding carboxylic acids is 1. The zero-order chi connectivity index (χ0) is 19.2. The smallest absolute Gasteiger partial charge is 0.285 e. The topological polar surface area (TPSA) is 76.2 Å². The van der Waals surface area contributed by atoms with Crippen LogP contribution in [0.4, 0.5) is 0 Å². The van der Waals surface area contributed by atoms with Crippen molar-refractivity contribution in [2.24, 2.45) is 0 Å². The fourth-order valence-corrected chi connectivity index (χ4v) is 3.96. The quantitative estimate of drug-likeness (QED) is 0.588. The van der Waals surface area contributed by atoms with Crippen molar-refractivity contribution < 1.29 is 14.4 Å². The molecule has 0 saturated carbocycles. The van der Waals surface area contributed by atoms with Crippen LogP contribution in [-0.2, 0) is 22.4 Å². The van der Waals surface area contributed by atoms with Crippen LogP contribution in [0.5, 0.6) is 0 Å². The monoisotopic (exact) mass is 397 g/mol. The maximum atomic E-state index is 12.3. The molecular weight excluding hydrogens is 374 g/mol. The van der Waals surface area contributed by atoms with Crippen LogP contribution in [0.3, 0.4) is 0 Å². The Morgan fingerprint density at radius 2 is 2.11 bits per heavy atom. The Labute approximate surface area is 167 Å². The van der Waals surface area contributed by atoms with Gasteiger partial charge in [-0.3, -0.25) is 4.79 Å². The van der Waals surface area contributed by atoms with Crippen molar-refractivity contribution in [3.8, 4) is 10.6 Å². The van der Waals surface area contributed by atoms with Gasteiger partial charge >= 0.3 is 0 Å². The molecule has 7 heteroatoms. The predicted octanol–water partition coefficient (Wildman–Crippen LogP) is 4.11. The van der Waals surface area contributed by atoms with E-state index in [0.29, 0.717) is 11.5 Å². The Hall–Kier alpha value is -2.48. The lowest BCUT2D eigenvalue weighted by molar-refractivity contribution is -0.186. The van der Waals surface area contributed by atoms with Gasteiger partial charge in [-0.1, -0.05) is 30.3 Å². The number of hydrogen-bond acceptors (Lipinski definition) is 5. The number of hydroxylamine groups is 1. The number of H-pyrrole nitrogens is 1. The summed E-state index contributed by atoms with van der Waals surface area (Å²) in [6, 6.07) is 14.1. The molecule has 0 spiro atoms. The van der Waals surface area contributed by atoms with Crippen LogP contribution in [0, 0.1) is 0 Å². The number of amides is 1. The molecule has 1 saturated heterocycles. The largest absolute Gasteiger partial charge is 0.350 e. The summed E-state index contributed by atoms with van der Waals surface area (Å²) in [4.78, 5) is 27.0. The minimum absolute atomic E-state index is 0.255. The molecule has 0 radical (unpaired) electrons. The first kappa shape index (κ1) is 18.9. The average molecular weight is 398 g/mol. The summed E-state index contributed by atoms with van der Waals surface area (Å²) in [5.41, 5.74) is 4.71. The minimum Gasteiger partial charge on any atom is -0.350 e. The van der Waals surface area contributed by atoms with E-state index in [0.717, 1.165) is 48.5 Å². The third-order valence-corrected chi connectivity index (χ3v) is 5.76. The number of rotatable bonds is 7. The third-order valence-electron chi connectivity index (χ3n) is 4.64. The molecule has 1 aromatic carbocycles. The van der Waals surface area contributed by atoms with Crippen molar-refractivity contribution >= 4 is 17.2 Å². The summed E-state index contributed by atoms with van der Waals surface area (Å²) >= 11 is 1.40. The lowest BCUT2D eigenvalue weighted by Crippen LogP contribution is -2.32. The van der Waals surface area contributed by atoms with E-state index in [4.69, 9.17) is 9.57 Å². The van der Waals surface area contributed by atoms with Gasteiger partial charge in [-0.25, -0.2) is 15.3 Å². The van der Waals surface area contributed by atoms with E-state index in [1.807, 2.05) is 30.5 Å². The van der Waals surface area contributed by atoms with E-state index < -0.39 is 0 Å². The van der Waals surface area contributed by atoms with E-state index in [1.54, 1.807) is 6.07 Å². The number of ether oxygens (including phenoxy) is 1. The minimum atomic E-state index is -0.350. The van der Waals surface area contributed by atoms with Crippen LogP contribution in [0.2, 0.25) is 0 Å². The third kappa shape index (κ3) is 4.86. The van der Waals surface area contributed by atoms with Crippen molar-refractivity contribution in [1.82, 2.24) is 15.4 Å². The summed E-state index contributed by atoms with van der Waals surface area (Å²) in [7, 11) is 0. The Kier molecular flexibility index (Phi) is 6.16. The molecule has 1 aliphatic heterocycles. The number of aromatic nitrogens is 2. The fraction of sp³-hybridized carbons (Fsp3) is 0.333. The summed E-state index contributed by atoms with van der Waals surface area (Å²) in [6.07, 6.45) is 6.15. The van der Waals surface area contributed by atoms with Crippen molar-refractivity contribution in [1.29, 1.82) is 0 Å². The number of nitrogens with one attached hydrogen (secondary N) is 2. The molecule has 2 N–H and O–H groups in total. The zero-order valence-electron chi connectivity index (χ0n) is 15.5. The number of benzene rings is 1. The SMILES string of the molecule is O=C(NOC1CCCCO1)c1ccc(-c2cnc(CCc3ccccc3)[nH]2)s1. The van der Waals surface area contributed by atoms with Crippen LogP contribution in [0.1, 0.15) is 40.3 Å². The standard InChI is InChI=1S/C21H23N3O3S/c25-21(24-27-20-8-4-5-13-26-20)18-11-10-17(28-18)16-14-22-19(23-16)12-9-15-6-2-1-3-7-15/h1-3,6-7,10-11,14,20H,4-5,8-9,12-13H2,(H,22,23)(H,24,25). The Morgan fingerprint density at radius 1 is 1.21 bits per heavy atom. The van der Waals surface area contributed by atoms with E-state index >= 15 is 0 Å². The number of carbonyl (C=O) groups is 1. The lowest BCUT2D eigenvalue weighted by atomic mass is 10.1. The Bertz CT molecular complexity index is 901. The Morgan fingerprint density at radius 3 is 2.93 bits per heavy atom. The van der Waals surface area contributed by atoms with Crippen LogP contribution in [-0.4, -0.2) is 28.8 Å². The Balaban J connectivity index is 1.32. The summed E-state index contributed by atoms with van der Waals surface area (Å²) in [6.45, 7) is 0.677. The summed E-state index contributed by atoms with van der Waals surface area (Å²) in [5, 5.41) is 0. The molecule has 2 aromatic heterocycles. The number of hydrogen-bond donors (Lipinski definition) is 2. The van der Waals surface area contributed by atoms with Gasteiger partial charge in [0.15, 0.2) is 6.29 Å². The van der Waals surface area contributed by atoms with Crippen LogP contribution < -0.4 is 5.48 Å². The van der Waals surface area contributed by atoms with Gasteiger partial charge in [-0.2, -0.15) is 0 Å².